The molecule has 0 bridgehead atoms. The second kappa shape index (κ2) is 8.50. The summed E-state index contributed by atoms with van der Waals surface area (Å²) in [5, 5.41) is 10.1. The fraction of sp³-hybridized carbons (Fsp3) is 0.522. The number of H-pyrrole nitrogens is 1. The minimum absolute atomic E-state index is 0.0786. The molecular formula is C23H31N3O2. The standard InChI is InChI=1S/C23H31N3O2/c27-18-21-17-26(22(28)20-6-11-24-16-20)15-10-23(21)8-13-25(14-9-23)12-7-19-4-2-1-3-5-19/h1-6,11,16,21,24,27H,7-10,12-15,17-18H2/t21-/m1/s1. The highest BCUT2D eigenvalue weighted by Gasteiger charge is 2.45. The van der Waals surface area contributed by atoms with Crippen molar-refractivity contribution in [2.75, 3.05) is 39.3 Å². The number of amides is 1. The van der Waals surface area contributed by atoms with E-state index in [1.165, 1.54) is 5.56 Å². The van der Waals surface area contributed by atoms with Gasteiger partial charge in [-0.15, -0.1) is 0 Å². The fourth-order valence-corrected chi connectivity index (χ4v) is 5.00. The molecule has 5 nitrogen and oxygen atoms in total. The number of hydrogen-bond donors (Lipinski definition) is 2. The minimum atomic E-state index is 0.0786. The molecule has 2 aliphatic heterocycles. The van der Waals surface area contributed by atoms with Gasteiger partial charge in [0, 0.05) is 44.6 Å². The van der Waals surface area contributed by atoms with E-state index in [9.17, 15) is 9.90 Å². The number of aromatic nitrogens is 1. The summed E-state index contributed by atoms with van der Waals surface area (Å²) in [5.74, 6) is 0.260. The van der Waals surface area contributed by atoms with E-state index in [0.717, 1.165) is 51.9 Å². The van der Waals surface area contributed by atoms with Crippen molar-refractivity contribution in [1.29, 1.82) is 0 Å². The Kier molecular flexibility index (Phi) is 5.83. The number of hydrogen-bond acceptors (Lipinski definition) is 3. The maximum absolute atomic E-state index is 12.7. The molecule has 3 heterocycles. The third kappa shape index (κ3) is 4.01. The monoisotopic (exact) mass is 381 g/mol. The van der Waals surface area contributed by atoms with Crippen molar-refractivity contribution in [2.45, 2.75) is 25.7 Å². The lowest BCUT2D eigenvalue weighted by Gasteiger charge is -2.51. The van der Waals surface area contributed by atoms with E-state index in [-0.39, 0.29) is 23.8 Å². The third-order valence-corrected chi connectivity index (χ3v) is 6.95. The Balaban J connectivity index is 1.32. The highest BCUT2D eigenvalue weighted by atomic mass is 16.3. The fourth-order valence-electron chi connectivity index (χ4n) is 5.00. The van der Waals surface area contributed by atoms with Crippen LogP contribution in [0.25, 0.3) is 0 Å². The first-order valence-electron chi connectivity index (χ1n) is 10.5. The summed E-state index contributed by atoms with van der Waals surface area (Å²) in [7, 11) is 0. The molecule has 0 saturated carbocycles. The van der Waals surface area contributed by atoms with Crippen molar-refractivity contribution < 1.29 is 9.90 Å². The van der Waals surface area contributed by atoms with Crippen LogP contribution in [0.4, 0.5) is 0 Å². The second-order valence-electron chi connectivity index (χ2n) is 8.42. The number of nitrogens with one attached hydrogen (secondary N) is 1. The molecule has 1 aromatic heterocycles. The van der Waals surface area contributed by atoms with E-state index in [0.29, 0.717) is 12.1 Å². The van der Waals surface area contributed by atoms with E-state index in [2.05, 4.69) is 40.2 Å². The number of carbonyl (C=O) groups excluding carboxylic acids is 1. The van der Waals surface area contributed by atoms with Crippen molar-refractivity contribution in [3.8, 4) is 0 Å². The van der Waals surface area contributed by atoms with Gasteiger partial charge in [0.05, 0.1) is 5.56 Å². The topological polar surface area (TPSA) is 59.6 Å². The molecule has 0 unspecified atom stereocenters. The Morgan fingerprint density at radius 3 is 2.54 bits per heavy atom. The van der Waals surface area contributed by atoms with Gasteiger partial charge in [-0.05, 0) is 55.8 Å². The zero-order chi connectivity index (χ0) is 19.4. The van der Waals surface area contributed by atoms with Gasteiger partial charge in [0.25, 0.3) is 5.91 Å². The van der Waals surface area contributed by atoms with Gasteiger partial charge in [0.2, 0.25) is 0 Å². The molecule has 2 saturated heterocycles. The van der Waals surface area contributed by atoms with Gasteiger partial charge >= 0.3 is 0 Å². The van der Waals surface area contributed by atoms with Gasteiger partial charge in [0.15, 0.2) is 0 Å². The van der Waals surface area contributed by atoms with Crippen LogP contribution in [0.15, 0.2) is 48.8 Å². The predicted molar refractivity (Wildman–Crippen MR) is 110 cm³/mol. The number of piperidine rings is 2. The molecule has 2 fully saturated rings. The van der Waals surface area contributed by atoms with Gasteiger partial charge in [0.1, 0.15) is 0 Å². The third-order valence-electron chi connectivity index (χ3n) is 6.95. The number of aliphatic hydroxyl groups excluding tert-OH is 1. The summed E-state index contributed by atoms with van der Waals surface area (Å²) in [4.78, 5) is 20.1. The Hall–Kier alpha value is -2.11. The normalized spacial score (nSPS) is 22.5. The van der Waals surface area contributed by atoms with E-state index >= 15 is 0 Å². The second-order valence-corrected chi connectivity index (χ2v) is 8.42. The first kappa shape index (κ1) is 19.2. The Morgan fingerprint density at radius 1 is 1.11 bits per heavy atom. The van der Waals surface area contributed by atoms with Gasteiger partial charge < -0.3 is 19.9 Å². The summed E-state index contributed by atoms with van der Waals surface area (Å²) in [6, 6.07) is 12.5. The molecule has 1 spiro atoms. The van der Waals surface area contributed by atoms with E-state index < -0.39 is 0 Å². The summed E-state index contributed by atoms with van der Waals surface area (Å²) >= 11 is 0. The van der Waals surface area contributed by atoms with E-state index in [1.807, 2.05) is 11.0 Å². The zero-order valence-electron chi connectivity index (χ0n) is 16.5. The predicted octanol–water partition coefficient (Wildman–Crippen LogP) is 2.79. The largest absolute Gasteiger partial charge is 0.396 e. The molecule has 4 rings (SSSR count). The maximum atomic E-state index is 12.7. The van der Waals surface area contributed by atoms with Crippen LogP contribution < -0.4 is 0 Å². The number of benzene rings is 1. The van der Waals surface area contributed by atoms with Crippen LogP contribution in [0.5, 0.6) is 0 Å². The highest BCUT2D eigenvalue weighted by molar-refractivity contribution is 5.94. The molecule has 1 atom stereocenters. The van der Waals surface area contributed by atoms with Crippen LogP contribution in [0, 0.1) is 11.3 Å². The number of carbonyl (C=O) groups is 1. The summed E-state index contributed by atoms with van der Waals surface area (Å²) in [5.41, 5.74) is 2.29. The van der Waals surface area contributed by atoms with Crippen LogP contribution >= 0.6 is 0 Å². The molecule has 150 valence electrons. The first-order chi connectivity index (χ1) is 13.7. The van der Waals surface area contributed by atoms with Gasteiger partial charge in [-0.25, -0.2) is 0 Å². The van der Waals surface area contributed by atoms with Gasteiger partial charge in [-0.3, -0.25) is 4.79 Å². The minimum Gasteiger partial charge on any atom is -0.396 e. The van der Waals surface area contributed by atoms with Gasteiger partial charge in [-0.1, -0.05) is 30.3 Å². The number of nitrogens with zero attached hydrogens (tertiary/aromatic N) is 2. The molecule has 28 heavy (non-hydrogen) atoms. The van der Waals surface area contributed by atoms with Crippen molar-refractivity contribution >= 4 is 5.91 Å². The number of aliphatic hydroxyl groups is 1. The molecule has 1 aromatic carbocycles. The molecule has 2 aromatic rings. The van der Waals surface area contributed by atoms with Crippen LogP contribution in [-0.2, 0) is 6.42 Å². The zero-order valence-corrected chi connectivity index (χ0v) is 16.5. The van der Waals surface area contributed by atoms with Crippen LogP contribution in [-0.4, -0.2) is 65.1 Å². The van der Waals surface area contributed by atoms with E-state index in [4.69, 9.17) is 0 Å². The molecule has 2 N–H and O–H groups in total. The van der Waals surface area contributed by atoms with Crippen molar-refractivity contribution in [2.24, 2.45) is 11.3 Å². The lowest BCUT2D eigenvalue weighted by atomic mass is 9.64. The van der Waals surface area contributed by atoms with Crippen LogP contribution in [0.3, 0.4) is 0 Å². The lowest BCUT2D eigenvalue weighted by molar-refractivity contribution is -0.0349. The lowest BCUT2D eigenvalue weighted by Crippen LogP contribution is -2.54. The van der Waals surface area contributed by atoms with E-state index in [1.54, 1.807) is 12.4 Å². The molecule has 2 aliphatic rings. The number of aromatic amines is 1. The van der Waals surface area contributed by atoms with Gasteiger partial charge in [-0.2, -0.15) is 0 Å². The smallest absolute Gasteiger partial charge is 0.255 e. The highest BCUT2D eigenvalue weighted by Crippen LogP contribution is 2.45. The molecule has 1 amide bonds. The maximum Gasteiger partial charge on any atom is 0.255 e. The molecular weight excluding hydrogens is 350 g/mol. The summed E-state index contributed by atoms with van der Waals surface area (Å²) < 4.78 is 0. The summed E-state index contributed by atoms with van der Waals surface area (Å²) in [6.45, 7) is 4.92. The Morgan fingerprint density at radius 2 is 1.86 bits per heavy atom. The Labute approximate surface area is 167 Å². The molecule has 0 aliphatic carbocycles. The molecule has 5 heteroatoms. The average Bonchev–Trinajstić information content (AvgIpc) is 3.29. The number of rotatable bonds is 5. The SMILES string of the molecule is O=C(c1cc[nH]c1)N1CCC2(CCN(CCc3ccccc3)CC2)[C@@H](CO)C1. The van der Waals surface area contributed by atoms with Crippen LogP contribution in [0.2, 0.25) is 0 Å². The summed E-state index contributed by atoms with van der Waals surface area (Å²) in [6.07, 6.45) is 7.88. The number of likely N-dealkylation sites (tertiary alicyclic amines) is 2. The molecule has 0 radical (unpaired) electrons. The first-order valence-corrected chi connectivity index (χ1v) is 10.5. The van der Waals surface area contributed by atoms with Crippen LogP contribution in [0.1, 0.15) is 35.2 Å². The quantitative estimate of drug-likeness (QED) is 0.837. The Bertz CT molecular complexity index is 751. The average molecular weight is 382 g/mol. The van der Waals surface area contributed by atoms with Crippen molar-refractivity contribution in [3.63, 3.8) is 0 Å². The van der Waals surface area contributed by atoms with Crippen molar-refractivity contribution in [3.05, 3.63) is 59.9 Å². The van der Waals surface area contributed by atoms with Crippen molar-refractivity contribution in [1.82, 2.24) is 14.8 Å².